The number of hydrogen-bond donors (Lipinski definition) is 3. The van der Waals surface area contributed by atoms with Gasteiger partial charge in [0.15, 0.2) is 0 Å². The lowest BCUT2D eigenvalue weighted by Crippen LogP contribution is -2.55. The molecule has 5 atom stereocenters. The third kappa shape index (κ3) is 6.39. The van der Waals surface area contributed by atoms with Crippen LogP contribution in [0.1, 0.15) is 37.7 Å². The summed E-state index contributed by atoms with van der Waals surface area (Å²) in [6.45, 7) is 1.60. The molecule has 1 amide bonds. The average molecular weight is 563 g/mol. The standard InChI is InChI=1S/C29H39ClN2O5S/c1-36-13-4-3-11-29(35,22-9-6-10-23(30)27(22)19-7-5-8-21(15-19)38-2)26-18-32(12-14-37-26)28(34)20-16-24(31)25(33)17-20/h5-10,15,20,24-26,33,35H,3-4,11-14,16-18,31H2,1-2H3. The Labute approximate surface area is 234 Å². The highest BCUT2D eigenvalue weighted by Gasteiger charge is 2.45. The van der Waals surface area contributed by atoms with Crippen LogP contribution >= 0.6 is 23.4 Å². The largest absolute Gasteiger partial charge is 0.391 e. The van der Waals surface area contributed by atoms with E-state index in [1.54, 1.807) is 23.8 Å². The predicted octanol–water partition coefficient (Wildman–Crippen LogP) is 4.06. The molecule has 7 nitrogen and oxygen atoms in total. The molecule has 2 aromatic carbocycles. The first-order valence-corrected chi connectivity index (χ1v) is 14.9. The number of carbonyl (C=O) groups excluding carboxylic acids is 1. The van der Waals surface area contributed by atoms with Crippen LogP contribution in [0.3, 0.4) is 0 Å². The van der Waals surface area contributed by atoms with Gasteiger partial charge in [0.1, 0.15) is 11.7 Å². The van der Waals surface area contributed by atoms with Crippen molar-refractivity contribution in [2.75, 3.05) is 39.7 Å². The van der Waals surface area contributed by atoms with Gasteiger partial charge in [-0.3, -0.25) is 4.79 Å². The van der Waals surface area contributed by atoms with Crippen LogP contribution in [0.25, 0.3) is 11.1 Å². The van der Waals surface area contributed by atoms with E-state index in [0.29, 0.717) is 56.0 Å². The van der Waals surface area contributed by atoms with E-state index in [9.17, 15) is 15.0 Å². The van der Waals surface area contributed by atoms with Gasteiger partial charge in [0, 0.05) is 47.7 Å². The normalized spacial score (nSPS) is 25.4. The van der Waals surface area contributed by atoms with E-state index in [4.69, 9.17) is 26.8 Å². The molecule has 1 saturated carbocycles. The molecule has 1 heterocycles. The second-order valence-electron chi connectivity index (χ2n) is 10.3. The third-order valence-corrected chi connectivity index (χ3v) is 8.87. The summed E-state index contributed by atoms with van der Waals surface area (Å²) in [5, 5.41) is 23.2. The molecule has 4 rings (SSSR count). The highest BCUT2D eigenvalue weighted by molar-refractivity contribution is 7.98. The molecular formula is C29H39ClN2O5S. The minimum atomic E-state index is -1.39. The number of rotatable bonds is 10. The van der Waals surface area contributed by atoms with Crippen molar-refractivity contribution >= 4 is 29.3 Å². The topological polar surface area (TPSA) is 105 Å². The molecule has 2 aliphatic rings. The average Bonchev–Trinajstić information content (AvgIpc) is 3.28. The zero-order chi connectivity index (χ0) is 27.3. The Balaban J connectivity index is 1.69. The molecule has 208 valence electrons. The quantitative estimate of drug-likeness (QED) is 0.296. The fraction of sp³-hybridized carbons (Fsp3) is 0.552. The molecule has 1 aliphatic carbocycles. The van der Waals surface area contributed by atoms with Gasteiger partial charge in [-0.2, -0.15) is 0 Å². The van der Waals surface area contributed by atoms with Crippen LogP contribution in [0.4, 0.5) is 0 Å². The van der Waals surface area contributed by atoms with Crippen LogP contribution in [0, 0.1) is 5.92 Å². The number of methoxy groups -OCH3 is 1. The maximum Gasteiger partial charge on any atom is 0.226 e. The summed E-state index contributed by atoms with van der Waals surface area (Å²) >= 11 is 8.45. The number of benzene rings is 2. The van der Waals surface area contributed by atoms with Crippen molar-refractivity contribution in [1.82, 2.24) is 4.90 Å². The summed E-state index contributed by atoms with van der Waals surface area (Å²) in [7, 11) is 1.67. The van der Waals surface area contributed by atoms with Crippen LogP contribution in [0.15, 0.2) is 47.4 Å². The van der Waals surface area contributed by atoms with Gasteiger partial charge in [0.25, 0.3) is 0 Å². The summed E-state index contributed by atoms with van der Waals surface area (Å²) in [5.74, 6) is -0.351. The number of aliphatic hydroxyl groups excluding tert-OH is 1. The molecule has 9 heteroatoms. The van der Waals surface area contributed by atoms with E-state index in [2.05, 4.69) is 6.07 Å². The monoisotopic (exact) mass is 562 g/mol. The Morgan fingerprint density at radius 2 is 2.05 bits per heavy atom. The summed E-state index contributed by atoms with van der Waals surface area (Å²) in [6.07, 6.45) is 3.46. The molecule has 0 radical (unpaired) electrons. The lowest BCUT2D eigenvalue weighted by atomic mass is 9.79. The molecule has 5 unspecified atom stereocenters. The van der Waals surface area contributed by atoms with Crippen molar-refractivity contribution < 1.29 is 24.5 Å². The Hall–Kier alpha value is -1.65. The van der Waals surface area contributed by atoms with Crippen molar-refractivity contribution in [2.24, 2.45) is 11.7 Å². The molecule has 2 aromatic rings. The number of amides is 1. The second-order valence-corrected chi connectivity index (χ2v) is 11.6. The first-order valence-electron chi connectivity index (χ1n) is 13.3. The summed E-state index contributed by atoms with van der Waals surface area (Å²) in [6, 6.07) is 13.3. The summed E-state index contributed by atoms with van der Waals surface area (Å²) < 4.78 is 11.5. The van der Waals surface area contributed by atoms with Crippen LogP contribution in [-0.2, 0) is 19.9 Å². The number of hydrogen-bond acceptors (Lipinski definition) is 7. The predicted molar refractivity (Wildman–Crippen MR) is 151 cm³/mol. The number of ether oxygens (including phenoxy) is 2. The minimum Gasteiger partial charge on any atom is -0.391 e. The number of nitrogens with zero attached hydrogens (tertiary/aromatic N) is 1. The Morgan fingerprint density at radius 1 is 1.26 bits per heavy atom. The fourth-order valence-electron chi connectivity index (χ4n) is 5.71. The number of halogens is 1. The van der Waals surface area contributed by atoms with E-state index in [0.717, 1.165) is 22.4 Å². The SMILES string of the molecule is COCCCCC(O)(c1cccc(Cl)c1-c1cccc(SC)c1)C1CN(C(=O)C2CC(N)C(O)C2)CCO1. The van der Waals surface area contributed by atoms with E-state index >= 15 is 0 Å². The van der Waals surface area contributed by atoms with Gasteiger partial charge in [-0.15, -0.1) is 11.8 Å². The molecule has 0 spiro atoms. The Bertz CT molecular complexity index is 1090. The highest BCUT2D eigenvalue weighted by Crippen LogP contribution is 2.43. The molecule has 0 aromatic heterocycles. The molecule has 0 bridgehead atoms. The molecule has 2 fully saturated rings. The fourth-order valence-corrected chi connectivity index (χ4v) is 6.46. The van der Waals surface area contributed by atoms with Gasteiger partial charge in [0.05, 0.1) is 19.3 Å². The first kappa shape index (κ1) is 29.3. The van der Waals surface area contributed by atoms with Gasteiger partial charge in [-0.25, -0.2) is 0 Å². The zero-order valence-corrected chi connectivity index (χ0v) is 23.7. The first-order chi connectivity index (χ1) is 18.3. The number of unbranched alkanes of at least 4 members (excludes halogenated alkanes) is 1. The van der Waals surface area contributed by atoms with E-state index in [1.807, 2.05) is 42.7 Å². The smallest absolute Gasteiger partial charge is 0.226 e. The van der Waals surface area contributed by atoms with Crippen LogP contribution in [0.2, 0.25) is 5.02 Å². The summed E-state index contributed by atoms with van der Waals surface area (Å²) in [4.78, 5) is 16.3. The van der Waals surface area contributed by atoms with Crippen LogP contribution < -0.4 is 5.73 Å². The highest BCUT2D eigenvalue weighted by atomic mass is 35.5. The van der Waals surface area contributed by atoms with Gasteiger partial charge in [-0.05, 0) is 67.7 Å². The van der Waals surface area contributed by atoms with Crippen molar-refractivity contribution in [1.29, 1.82) is 0 Å². The van der Waals surface area contributed by atoms with Crippen LogP contribution in [0.5, 0.6) is 0 Å². The number of nitrogens with two attached hydrogens (primary N) is 1. The minimum absolute atomic E-state index is 0.0361. The maximum atomic E-state index is 13.4. The van der Waals surface area contributed by atoms with E-state index in [-0.39, 0.29) is 24.4 Å². The molecule has 4 N–H and O–H groups in total. The molecule has 1 saturated heterocycles. The number of aliphatic hydroxyl groups is 2. The summed E-state index contributed by atoms with van der Waals surface area (Å²) in [5.41, 5.74) is 6.98. The van der Waals surface area contributed by atoms with Gasteiger partial charge in [-0.1, -0.05) is 35.9 Å². The second kappa shape index (κ2) is 13.1. The van der Waals surface area contributed by atoms with Crippen molar-refractivity contribution in [2.45, 2.75) is 60.9 Å². The lowest BCUT2D eigenvalue weighted by Gasteiger charge is -2.44. The number of morpholine rings is 1. The van der Waals surface area contributed by atoms with Crippen molar-refractivity contribution in [3.8, 4) is 11.1 Å². The molecular weight excluding hydrogens is 524 g/mol. The van der Waals surface area contributed by atoms with Crippen molar-refractivity contribution in [3.63, 3.8) is 0 Å². The van der Waals surface area contributed by atoms with Crippen molar-refractivity contribution in [3.05, 3.63) is 53.1 Å². The lowest BCUT2D eigenvalue weighted by molar-refractivity contribution is -0.167. The number of thioether (sulfide) groups is 1. The number of carbonyl (C=O) groups is 1. The van der Waals surface area contributed by atoms with Gasteiger partial charge >= 0.3 is 0 Å². The Kier molecular flexibility index (Phi) is 10.1. The Morgan fingerprint density at radius 3 is 2.76 bits per heavy atom. The molecule has 1 aliphatic heterocycles. The van der Waals surface area contributed by atoms with Gasteiger partial charge < -0.3 is 30.3 Å². The van der Waals surface area contributed by atoms with Gasteiger partial charge in [0.2, 0.25) is 5.91 Å². The maximum absolute atomic E-state index is 13.4. The third-order valence-electron chi connectivity index (χ3n) is 7.83. The molecule has 38 heavy (non-hydrogen) atoms. The van der Waals surface area contributed by atoms with Crippen LogP contribution in [-0.4, -0.2) is 78.9 Å². The van der Waals surface area contributed by atoms with E-state index < -0.39 is 17.8 Å². The van der Waals surface area contributed by atoms with E-state index in [1.165, 1.54) is 0 Å². The zero-order valence-electron chi connectivity index (χ0n) is 22.1.